The van der Waals surface area contributed by atoms with Gasteiger partial charge in [-0.25, -0.2) is 5.01 Å². The van der Waals surface area contributed by atoms with E-state index in [4.69, 9.17) is 4.74 Å². The highest BCUT2D eigenvalue weighted by atomic mass is 32.2. The number of hydrogen-bond acceptors (Lipinski definition) is 5. The number of hydrazine groups is 1. The number of nitrogens with one attached hydrogen (secondary N) is 1. The highest BCUT2D eigenvalue weighted by Gasteiger charge is 2.20. The van der Waals surface area contributed by atoms with Crippen molar-refractivity contribution in [3.05, 3.63) is 0 Å². The Hall–Kier alpha value is -0.260. The van der Waals surface area contributed by atoms with Crippen molar-refractivity contribution < 1.29 is 4.74 Å². The van der Waals surface area contributed by atoms with Gasteiger partial charge in [0, 0.05) is 18.3 Å². The largest absolute Gasteiger partial charge is 0.379 e. The maximum Gasteiger partial charge on any atom is 0.171 e. The Kier molecular flexibility index (Phi) is 3.88. The molecule has 2 atom stereocenters. The number of rotatable bonds is 1. The number of amidine groups is 1. The number of morpholine rings is 1. The first-order chi connectivity index (χ1) is 7.24. The van der Waals surface area contributed by atoms with Crippen molar-refractivity contribution in [1.29, 1.82) is 0 Å². The molecular formula is C10H19N3OS. The van der Waals surface area contributed by atoms with Gasteiger partial charge in [0.15, 0.2) is 5.17 Å². The summed E-state index contributed by atoms with van der Waals surface area (Å²) in [6.07, 6.45) is 1.18. The van der Waals surface area contributed by atoms with Crippen molar-refractivity contribution in [3.8, 4) is 0 Å². The molecule has 1 N–H and O–H groups in total. The van der Waals surface area contributed by atoms with Crippen molar-refractivity contribution in [3.63, 3.8) is 0 Å². The number of ether oxygens (including phenoxy) is 1. The van der Waals surface area contributed by atoms with Crippen LogP contribution in [-0.2, 0) is 4.74 Å². The summed E-state index contributed by atoms with van der Waals surface area (Å²) >= 11 is 1.84. The normalized spacial score (nSPS) is 33.6. The van der Waals surface area contributed by atoms with E-state index in [9.17, 15) is 0 Å². The van der Waals surface area contributed by atoms with Gasteiger partial charge >= 0.3 is 0 Å². The van der Waals surface area contributed by atoms with E-state index < -0.39 is 0 Å². The lowest BCUT2D eigenvalue weighted by Gasteiger charge is -2.31. The molecule has 2 rings (SSSR count). The van der Waals surface area contributed by atoms with Crippen LogP contribution in [0.2, 0.25) is 0 Å². The Morgan fingerprint density at radius 1 is 1.40 bits per heavy atom. The molecule has 0 aliphatic carbocycles. The average Bonchev–Trinajstić information content (AvgIpc) is 2.17. The first-order valence-electron chi connectivity index (χ1n) is 5.58. The quantitative estimate of drug-likeness (QED) is 0.730. The van der Waals surface area contributed by atoms with Crippen LogP contribution in [-0.4, -0.2) is 47.8 Å². The minimum absolute atomic E-state index is 0.449. The predicted molar refractivity (Wildman–Crippen MR) is 64.1 cm³/mol. The van der Waals surface area contributed by atoms with Crippen LogP contribution in [0.4, 0.5) is 0 Å². The Morgan fingerprint density at radius 2 is 2.13 bits per heavy atom. The molecule has 15 heavy (non-hydrogen) atoms. The topological polar surface area (TPSA) is 36.9 Å². The van der Waals surface area contributed by atoms with Crippen LogP contribution in [0.15, 0.2) is 4.99 Å². The molecule has 4 nitrogen and oxygen atoms in total. The molecule has 2 heterocycles. The van der Waals surface area contributed by atoms with Gasteiger partial charge in [-0.15, -0.1) is 0 Å². The number of nitrogens with zero attached hydrogens (tertiary/aromatic N) is 2. The Labute approximate surface area is 95.4 Å². The SMILES string of the molecule is CC1CC(C)SC(NN2CCOCC2)=N1. The summed E-state index contributed by atoms with van der Waals surface area (Å²) in [7, 11) is 0. The van der Waals surface area contributed by atoms with Crippen molar-refractivity contribution in [2.75, 3.05) is 26.3 Å². The third-order valence-corrected chi connectivity index (χ3v) is 3.60. The van der Waals surface area contributed by atoms with Gasteiger partial charge in [-0.05, 0) is 13.3 Å². The lowest BCUT2D eigenvalue weighted by Crippen LogP contribution is -2.48. The van der Waals surface area contributed by atoms with Crippen molar-refractivity contribution in [1.82, 2.24) is 10.4 Å². The molecule has 1 fully saturated rings. The van der Waals surface area contributed by atoms with Gasteiger partial charge in [0.05, 0.1) is 19.3 Å². The summed E-state index contributed by atoms with van der Waals surface area (Å²) in [5.41, 5.74) is 3.38. The van der Waals surface area contributed by atoms with Gasteiger partial charge in [-0.3, -0.25) is 10.4 Å². The van der Waals surface area contributed by atoms with Crippen LogP contribution < -0.4 is 5.43 Å². The highest BCUT2D eigenvalue weighted by molar-refractivity contribution is 8.14. The summed E-state index contributed by atoms with van der Waals surface area (Å²) < 4.78 is 5.30. The van der Waals surface area contributed by atoms with E-state index in [1.54, 1.807) is 0 Å². The van der Waals surface area contributed by atoms with Gasteiger partial charge in [0.2, 0.25) is 0 Å². The fraction of sp³-hybridized carbons (Fsp3) is 0.900. The summed E-state index contributed by atoms with van der Waals surface area (Å²) in [5, 5.41) is 3.93. The molecule has 0 radical (unpaired) electrons. The maximum absolute atomic E-state index is 5.30. The second-order valence-electron chi connectivity index (χ2n) is 4.16. The van der Waals surface area contributed by atoms with Crippen molar-refractivity contribution in [2.24, 2.45) is 4.99 Å². The maximum atomic E-state index is 5.30. The standard InChI is InChI=1S/C10H19N3OS/c1-8-7-9(2)15-10(11-8)12-13-3-5-14-6-4-13/h8-9H,3-7H2,1-2H3,(H,11,12). The number of aliphatic imine (C=N–C) groups is 1. The van der Waals surface area contributed by atoms with E-state index in [0.717, 1.165) is 31.5 Å². The lowest BCUT2D eigenvalue weighted by molar-refractivity contribution is 0.0253. The van der Waals surface area contributed by atoms with Gasteiger partial charge in [-0.2, -0.15) is 0 Å². The summed E-state index contributed by atoms with van der Waals surface area (Å²) in [6, 6.07) is 0.449. The fourth-order valence-electron chi connectivity index (χ4n) is 1.87. The smallest absolute Gasteiger partial charge is 0.171 e. The van der Waals surface area contributed by atoms with Crippen LogP contribution in [0.1, 0.15) is 20.3 Å². The second kappa shape index (κ2) is 5.18. The molecule has 0 aromatic rings. The molecule has 2 aliphatic heterocycles. The molecule has 0 aromatic carbocycles. The van der Waals surface area contributed by atoms with Crippen molar-refractivity contribution >= 4 is 16.9 Å². The van der Waals surface area contributed by atoms with E-state index in [1.165, 1.54) is 6.42 Å². The monoisotopic (exact) mass is 229 g/mol. The van der Waals surface area contributed by atoms with Crippen molar-refractivity contribution in [2.45, 2.75) is 31.6 Å². The molecule has 1 saturated heterocycles. The summed E-state index contributed by atoms with van der Waals surface area (Å²) in [6.45, 7) is 7.96. The predicted octanol–water partition coefficient (Wildman–Crippen LogP) is 1.09. The second-order valence-corrected chi connectivity index (χ2v) is 5.59. The molecule has 5 heteroatoms. The molecule has 0 aromatic heterocycles. The number of thioether (sulfide) groups is 1. The Balaban J connectivity index is 1.87. The molecule has 2 aliphatic rings. The van der Waals surface area contributed by atoms with Crippen LogP contribution >= 0.6 is 11.8 Å². The minimum Gasteiger partial charge on any atom is -0.379 e. The number of hydrogen-bond donors (Lipinski definition) is 1. The van der Waals surface area contributed by atoms with E-state index in [2.05, 4.69) is 29.3 Å². The van der Waals surface area contributed by atoms with Gasteiger partial charge in [0.25, 0.3) is 0 Å². The summed E-state index contributed by atoms with van der Waals surface area (Å²) in [5.74, 6) is 0. The van der Waals surface area contributed by atoms with E-state index >= 15 is 0 Å². The molecule has 2 unspecified atom stereocenters. The van der Waals surface area contributed by atoms with E-state index in [-0.39, 0.29) is 0 Å². The third-order valence-electron chi connectivity index (χ3n) is 2.59. The molecule has 0 spiro atoms. The van der Waals surface area contributed by atoms with E-state index in [0.29, 0.717) is 11.3 Å². The van der Waals surface area contributed by atoms with Crippen LogP contribution in [0, 0.1) is 0 Å². The zero-order chi connectivity index (χ0) is 10.7. The van der Waals surface area contributed by atoms with Crippen LogP contribution in [0.25, 0.3) is 0 Å². The zero-order valence-electron chi connectivity index (χ0n) is 9.40. The first-order valence-corrected chi connectivity index (χ1v) is 6.46. The van der Waals surface area contributed by atoms with Crippen LogP contribution in [0.3, 0.4) is 0 Å². The molecule has 86 valence electrons. The van der Waals surface area contributed by atoms with Gasteiger partial charge in [-0.1, -0.05) is 18.7 Å². The van der Waals surface area contributed by atoms with Crippen LogP contribution in [0.5, 0.6) is 0 Å². The molecule has 0 saturated carbocycles. The van der Waals surface area contributed by atoms with E-state index in [1.807, 2.05) is 11.8 Å². The Bertz CT molecular complexity index is 241. The lowest BCUT2D eigenvalue weighted by atomic mass is 10.2. The zero-order valence-corrected chi connectivity index (χ0v) is 10.2. The molecule has 0 amide bonds. The Morgan fingerprint density at radius 3 is 2.80 bits per heavy atom. The van der Waals surface area contributed by atoms with Gasteiger partial charge in [0.1, 0.15) is 0 Å². The summed E-state index contributed by atoms with van der Waals surface area (Å²) in [4.78, 5) is 4.61. The average molecular weight is 229 g/mol. The molecule has 0 bridgehead atoms. The minimum atomic E-state index is 0.449. The fourth-order valence-corrected chi connectivity index (χ4v) is 3.05. The van der Waals surface area contributed by atoms with Gasteiger partial charge < -0.3 is 4.74 Å². The first kappa shape index (κ1) is 11.2. The third kappa shape index (κ3) is 3.36. The molecular weight excluding hydrogens is 210 g/mol. The highest BCUT2D eigenvalue weighted by Crippen LogP contribution is 2.23.